The molecule has 2 aromatic heterocycles. The highest BCUT2D eigenvalue weighted by atomic mass is 35.5. The third-order valence-electron chi connectivity index (χ3n) is 5.28. The Kier molecular flexibility index (Phi) is 6.11. The first kappa shape index (κ1) is 20.8. The Morgan fingerprint density at radius 2 is 2.10 bits per heavy atom. The van der Waals surface area contributed by atoms with Gasteiger partial charge in [0.2, 0.25) is 5.91 Å². The second-order valence-corrected chi connectivity index (χ2v) is 7.46. The molecule has 31 heavy (non-hydrogen) atoms. The van der Waals surface area contributed by atoms with E-state index in [-0.39, 0.29) is 19.0 Å². The van der Waals surface area contributed by atoms with Crippen LogP contribution in [0.1, 0.15) is 5.69 Å². The Morgan fingerprint density at radius 1 is 1.29 bits per heavy atom. The van der Waals surface area contributed by atoms with Gasteiger partial charge in [0.1, 0.15) is 12.3 Å². The Labute approximate surface area is 183 Å². The van der Waals surface area contributed by atoms with E-state index in [0.29, 0.717) is 48.3 Å². The lowest BCUT2D eigenvalue weighted by molar-refractivity contribution is -0.132. The van der Waals surface area contributed by atoms with Crippen molar-refractivity contribution in [1.82, 2.24) is 19.7 Å². The van der Waals surface area contributed by atoms with Gasteiger partial charge in [0.05, 0.1) is 24.4 Å². The molecule has 1 aliphatic rings. The summed E-state index contributed by atoms with van der Waals surface area (Å²) < 4.78 is 6.88. The molecular formula is C20H21ClN8O2. The van der Waals surface area contributed by atoms with Crippen LogP contribution in [-0.4, -0.2) is 58.9 Å². The van der Waals surface area contributed by atoms with E-state index < -0.39 is 0 Å². The van der Waals surface area contributed by atoms with Gasteiger partial charge in [-0.15, -0.1) is 0 Å². The summed E-state index contributed by atoms with van der Waals surface area (Å²) in [5, 5.41) is 9.40. The first-order valence-corrected chi connectivity index (χ1v) is 10.2. The van der Waals surface area contributed by atoms with Gasteiger partial charge in [0.25, 0.3) is 0 Å². The van der Waals surface area contributed by atoms with Crippen molar-refractivity contribution in [3.63, 3.8) is 0 Å². The molecular weight excluding hydrogens is 420 g/mol. The Balaban J connectivity index is 1.43. The van der Waals surface area contributed by atoms with Crippen molar-refractivity contribution in [3.8, 4) is 5.75 Å². The van der Waals surface area contributed by atoms with Crippen LogP contribution in [0.15, 0.2) is 41.6 Å². The van der Waals surface area contributed by atoms with Crippen LogP contribution in [0.4, 0.5) is 5.69 Å². The summed E-state index contributed by atoms with van der Waals surface area (Å²) in [7, 11) is 1.59. The average Bonchev–Trinajstić information content (AvgIpc) is 3.15. The highest BCUT2D eigenvalue weighted by Crippen LogP contribution is 2.29. The van der Waals surface area contributed by atoms with Gasteiger partial charge in [-0.3, -0.25) is 4.79 Å². The lowest BCUT2D eigenvalue weighted by Crippen LogP contribution is -2.49. The molecule has 0 aliphatic carbocycles. The number of azide groups is 1. The average molecular weight is 441 g/mol. The molecule has 3 aromatic rings. The van der Waals surface area contributed by atoms with Crippen LogP contribution in [0.2, 0.25) is 5.02 Å². The van der Waals surface area contributed by atoms with E-state index in [1.54, 1.807) is 24.1 Å². The highest BCUT2D eigenvalue weighted by molar-refractivity contribution is 6.32. The number of fused-ring (bicyclic) bond motifs is 1. The van der Waals surface area contributed by atoms with Crippen molar-refractivity contribution < 1.29 is 9.53 Å². The topological polar surface area (TPSA) is 112 Å². The number of hydrogen-bond donors (Lipinski definition) is 0. The predicted molar refractivity (Wildman–Crippen MR) is 117 cm³/mol. The smallest absolute Gasteiger partial charge is 0.244 e. The minimum absolute atomic E-state index is 0.0290. The minimum Gasteiger partial charge on any atom is -0.495 e. The third-order valence-corrected chi connectivity index (χ3v) is 5.60. The molecule has 0 N–H and O–H groups in total. The van der Waals surface area contributed by atoms with E-state index in [1.165, 1.54) is 0 Å². The second-order valence-electron chi connectivity index (χ2n) is 7.05. The molecule has 1 aliphatic heterocycles. The van der Waals surface area contributed by atoms with E-state index in [9.17, 15) is 4.79 Å². The van der Waals surface area contributed by atoms with Gasteiger partial charge in [-0.25, -0.2) is 9.67 Å². The summed E-state index contributed by atoms with van der Waals surface area (Å²) in [6.45, 7) is 2.80. The van der Waals surface area contributed by atoms with Crippen LogP contribution in [0.3, 0.4) is 0 Å². The van der Waals surface area contributed by atoms with Crippen molar-refractivity contribution in [2.45, 2.75) is 13.1 Å². The number of amides is 1. The number of methoxy groups -OCH3 is 1. The fourth-order valence-electron chi connectivity index (χ4n) is 3.69. The minimum atomic E-state index is -0.0290. The fraction of sp³-hybridized carbons (Fsp3) is 0.350. The normalized spacial score (nSPS) is 13.9. The van der Waals surface area contributed by atoms with Crippen LogP contribution < -0.4 is 9.64 Å². The maximum Gasteiger partial charge on any atom is 0.244 e. The number of carbonyl (C=O) groups is 1. The molecule has 0 atom stereocenters. The maximum absolute atomic E-state index is 12.9. The Hall–Kier alpha value is -3.49. The maximum atomic E-state index is 12.9. The van der Waals surface area contributed by atoms with E-state index >= 15 is 0 Å². The van der Waals surface area contributed by atoms with Gasteiger partial charge < -0.3 is 14.5 Å². The summed E-state index contributed by atoms with van der Waals surface area (Å²) in [6, 6.07) is 9.33. The van der Waals surface area contributed by atoms with Gasteiger partial charge in [-0.2, -0.15) is 5.10 Å². The van der Waals surface area contributed by atoms with Gasteiger partial charge in [-0.05, 0) is 29.8 Å². The van der Waals surface area contributed by atoms with E-state index in [2.05, 4.69) is 25.0 Å². The monoisotopic (exact) mass is 440 g/mol. The number of rotatable bonds is 6. The second kappa shape index (κ2) is 9.11. The quantitative estimate of drug-likeness (QED) is 0.331. The molecule has 3 heterocycles. The van der Waals surface area contributed by atoms with Crippen LogP contribution in [0.25, 0.3) is 21.5 Å². The van der Waals surface area contributed by atoms with Gasteiger partial charge >= 0.3 is 0 Å². The highest BCUT2D eigenvalue weighted by Gasteiger charge is 2.23. The van der Waals surface area contributed by atoms with E-state index in [1.807, 2.05) is 29.2 Å². The number of hydrogen-bond acceptors (Lipinski definition) is 6. The lowest BCUT2D eigenvalue weighted by Gasteiger charge is -2.36. The van der Waals surface area contributed by atoms with Gasteiger partial charge in [0, 0.05) is 54.4 Å². The number of nitrogens with zero attached hydrogens (tertiary/aromatic N) is 8. The molecule has 0 bridgehead atoms. The molecule has 0 unspecified atom stereocenters. The van der Waals surface area contributed by atoms with Crippen molar-refractivity contribution in [2.75, 3.05) is 38.2 Å². The number of anilines is 1. The van der Waals surface area contributed by atoms with Crippen LogP contribution in [-0.2, 0) is 17.9 Å². The molecule has 1 amide bonds. The number of pyridine rings is 1. The largest absolute Gasteiger partial charge is 0.495 e. The molecule has 0 saturated carbocycles. The number of aromatic nitrogens is 3. The zero-order valence-corrected chi connectivity index (χ0v) is 17.7. The SMILES string of the molecule is COc1cc(N2CCN(C(=O)Cn3nc(CN=[N+]=[N-])c4cccnc43)CC2)ccc1Cl. The van der Waals surface area contributed by atoms with Gasteiger partial charge in [-0.1, -0.05) is 16.7 Å². The molecule has 4 rings (SSSR count). The number of benzene rings is 1. The number of halogens is 1. The molecule has 0 spiro atoms. The van der Waals surface area contributed by atoms with E-state index in [0.717, 1.165) is 11.1 Å². The summed E-state index contributed by atoms with van der Waals surface area (Å²) >= 11 is 6.12. The molecule has 11 heteroatoms. The molecule has 10 nitrogen and oxygen atoms in total. The van der Waals surface area contributed by atoms with E-state index in [4.69, 9.17) is 21.9 Å². The standard InChI is InChI=1S/C20H21ClN8O2/c1-31-18-11-14(4-5-16(18)21)27-7-9-28(10-8-27)19(30)13-29-20-15(3-2-6-23-20)17(25-29)12-24-26-22/h2-6,11H,7-10,12-13H2,1H3. The summed E-state index contributed by atoms with van der Waals surface area (Å²) in [5.74, 6) is 0.603. The molecule has 1 saturated heterocycles. The zero-order chi connectivity index (χ0) is 21.8. The molecule has 160 valence electrons. The number of carbonyl (C=O) groups excluding carboxylic acids is 1. The summed E-state index contributed by atoms with van der Waals surface area (Å²) in [5.41, 5.74) is 10.8. The van der Waals surface area contributed by atoms with Crippen LogP contribution >= 0.6 is 11.6 Å². The summed E-state index contributed by atoms with van der Waals surface area (Å²) in [4.78, 5) is 24.1. The molecule has 0 radical (unpaired) electrons. The number of ether oxygens (including phenoxy) is 1. The van der Waals surface area contributed by atoms with Crippen molar-refractivity contribution in [2.24, 2.45) is 5.11 Å². The first-order chi connectivity index (χ1) is 15.1. The Morgan fingerprint density at radius 3 is 2.84 bits per heavy atom. The fourth-order valence-corrected chi connectivity index (χ4v) is 3.88. The third kappa shape index (κ3) is 4.35. The van der Waals surface area contributed by atoms with Crippen molar-refractivity contribution in [3.05, 3.63) is 57.7 Å². The predicted octanol–water partition coefficient (Wildman–Crippen LogP) is 3.25. The van der Waals surface area contributed by atoms with Crippen molar-refractivity contribution in [1.29, 1.82) is 0 Å². The van der Waals surface area contributed by atoms with Crippen LogP contribution in [0.5, 0.6) is 5.75 Å². The first-order valence-electron chi connectivity index (χ1n) is 9.78. The summed E-state index contributed by atoms with van der Waals surface area (Å²) in [6.07, 6.45) is 1.65. The Bertz CT molecular complexity index is 1150. The lowest BCUT2D eigenvalue weighted by atomic mass is 10.2. The van der Waals surface area contributed by atoms with Crippen molar-refractivity contribution >= 4 is 34.2 Å². The zero-order valence-electron chi connectivity index (χ0n) is 17.0. The molecule has 1 fully saturated rings. The molecule has 1 aromatic carbocycles. The number of piperazine rings is 1. The van der Waals surface area contributed by atoms with Crippen LogP contribution in [0, 0.1) is 0 Å². The van der Waals surface area contributed by atoms with Gasteiger partial charge in [0.15, 0.2) is 5.65 Å².